The highest BCUT2D eigenvalue weighted by Gasteiger charge is 2.31. The Bertz CT molecular complexity index is 588. The van der Waals surface area contributed by atoms with Crippen molar-refractivity contribution in [2.75, 3.05) is 12.4 Å². The van der Waals surface area contributed by atoms with E-state index in [1.165, 1.54) is 16.7 Å². The van der Waals surface area contributed by atoms with E-state index < -0.39 is 0 Å². The molecule has 0 fully saturated rings. The first-order chi connectivity index (χ1) is 9.20. The van der Waals surface area contributed by atoms with Crippen molar-refractivity contribution in [3.8, 4) is 0 Å². The van der Waals surface area contributed by atoms with Crippen molar-refractivity contribution in [2.24, 2.45) is 0 Å². The van der Waals surface area contributed by atoms with Crippen molar-refractivity contribution in [2.45, 2.75) is 38.5 Å². The summed E-state index contributed by atoms with van der Waals surface area (Å²) in [5, 5.41) is 7.39. The van der Waals surface area contributed by atoms with Crippen LogP contribution >= 0.6 is 0 Å². The number of fused-ring (bicyclic) bond motifs is 1. The van der Waals surface area contributed by atoms with E-state index in [9.17, 15) is 0 Å². The van der Waals surface area contributed by atoms with Gasteiger partial charge in [0.15, 0.2) is 0 Å². The first kappa shape index (κ1) is 12.3. The van der Waals surface area contributed by atoms with Crippen LogP contribution in [0.25, 0.3) is 0 Å². The Hall–Kier alpha value is -1.77. The maximum absolute atomic E-state index is 5.14. The monoisotopic (exact) mass is 256 g/mol. The lowest BCUT2D eigenvalue weighted by atomic mass is 9.74. The summed E-state index contributed by atoms with van der Waals surface area (Å²) in [7, 11) is 1.92. The second kappa shape index (κ2) is 4.72. The highest BCUT2D eigenvalue weighted by molar-refractivity contribution is 5.49. The molecule has 0 spiro atoms. The van der Waals surface area contributed by atoms with Crippen LogP contribution in [-0.4, -0.2) is 12.2 Å². The Morgan fingerprint density at radius 3 is 3.00 bits per heavy atom. The summed E-state index contributed by atoms with van der Waals surface area (Å²) in [4.78, 5) is 0. The average molecular weight is 256 g/mol. The number of aryl methyl sites for hydroxylation is 2. The molecule has 3 nitrogen and oxygen atoms in total. The molecule has 1 aromatic heterocycles. The molecule has 100 valence electrons. The molecule has 2 atom stereocenters. The number of rotatable bonds is 2. The molecular weight excluding hydrogens is 236 g/mol. The van der Waals surface area contributed by atoms with Crippen molar-refractivity contribution in [3.05, 3.63) is 46.8 Å². The molecule has 1 aliphatic rings. The fourth-order valence-electron chi connectivity index (χ4n) is 3.22. The molecule has 0 amide bonds. The average Bonchev–Trinajstić information content (AvgIpc) is 2.88. The molecule has 1 aliphatic carbocycles. The number of anilines is 1. The molecule has 0 saturated heterocycles. The summed E-state index contributed by atoms with van der Waals surface area (Å²) in [6.07, 6.45) is 3.97. The third-order valence-electron chi connectivity index (χ3n) is 4.34. The van der Waals surface area contributed by atoms with Gasteiger partial charge < -0.3 is 9.84 Å². The third-order valence-corrected chi connectivity index (χ3v) is 4.34. The zero-order valence-electron chi connectivity index (χ0n) is 11.7. The van der Waals surface area contributed by atoms with E-state index in [0.717, 1.165) is 24.2 Å². The number of hydrogen-bond acceptors (Lipinski definition) is 3. The van der Waals surface area contributed by atoms with Crippen LogP contribution in [0.15, 0.2) is 29.0 Å². The van der Waals surface area contributed by atoms with Gasteiger partial charge in [0.1, 0.15) is 12.0 Å². The highest BCUT2D eigenvalue weighted by Crippen LogP contribution is 2.43. The Kier molecular flexibility index (Phi) is 3.05. The number of nitrogens with one attached hydrogen (secondary N) is 1. The molecule has 2 aromatic rings. The smallest absolute Gasteiger partial charge is 0.147 e. The fourth-order valence-corrected chi connectivity index (χ4v) is 3.22. The number of hydrogen-bond donors (Lipinski definition) is 1. The number of benzene rings is 1. The molecule has 0 bridgehead atoms. The second-order valence-corrected chi connectivity index (χ2v) is 5.50. The van der Waals surface area contributed by atoms with Crippen molar-refractivity contribution in [1.29, 1.82) is 0 Å². The molecule has 3 rings (SSSR count). The summed E-state index contributed by atoms with van der Waals surface area (Å²) in [5.74, 6) is 0.927. The van der Waals surface area contributed by atoms with E-state index in [1.807, 2.05) is 7.05 Å². The lowest BCUT2D eigenvalue weighted by Gasteiger charge is -2.30. The number of nitrogens with zero attached hydrogens (tertiary/aromatic N) is 1. The van der Waals surface area contributed by atoms with Gasteiger partial charge in [0.2, 0.25) is 0 Å². The molecule has 1 aromatic carbocycles. The van der Waals surface area contributed by atoms with Gasteiger partial charge in [-0.05, 0) is 36.8 Å². The fraction of sp³-hybridized carbons (Fsp3) is 0.438. The molecule has 1 heterocycles. The SMILES string of the molecule is CNc1conc1C1CCc2ccc(C)cc2C1C. The van der Waals surface area contributed by atoms with Crippen molar-refractivity contribution < 1.29 is 4.52 Å². The van der Waals surface area contributed by atoms with Crippen LogP contribution < -0.4 is 5.32 Å². The summed E-state index contributed by atoms with van der Waals surface area (Å²) < 4.78 is 5.14. The zero-order valence-corrected chi connectivity index (χ0v) is 11.7. The van der Waals surface area contributed by atoms with Gasteiger partial charge in [-0.1, -0.05) is 35.8 Å². The summed E-state index contributed by atoms with van der Waals surface area (Å²) in [5.41, 5.74) is 6.39. The first-order valence-electron chi connectivity index (χ1n) is 6.92. The molecule has 3 heteroatoms. The van der Waals surface area contributed by atoms with E-state index in [4.69, 9.17) is 4.52 Å². The van der Waals surface area contributed by atoms with Gasteiger partial charge in [-0.3, -0.25) is 0 Å². The maximum atomic E-state index is 5.14. The molecule has 2 unspecified atom stereocenters. The number of aromatic nitrogens is 1. The van der Waals surface area contributed by atoms with E-state index in [2.05, 4.69) is 42.5 Å². The molecule has 0 aliphatic heterocycles. The van der Waals surface area contributed by atoms with Gasteiger partial charge in [0.25, 0.3) is 0 Å². The van der Waals surface area contributed by atoms with Crippen LogP contribution in [0.2, 0.25) is 0 Å². The summed E-state index contributed by atoms with van der Waals surface area (Å²) in [6, 6.07) is 6.81. The quantitative estimate of drug-likeness (QED) is 0.886. The van der Waals surface area contributed by atoms with Crippen LogP contribution in [0.3, 0.4) is 0 Å². The highest BCUT2D eigenvalue weighted by atomic mass is 16.5. The van der Waals surface area contributed by atoms with Crippen LogP contribution in [0.4, 0.5) is 5.69 Å². The van der Waals surface area contributed by atoms with E-state index >= 15 is 0 Å². The van der Waals surface area contributed by atoms with Crippen LogP contribution in [0.1, 0.15) is 47.6 Å². The van der Waals surface area contributed by atoms with Gasteiger partial charge >= 0.3 is 0 Å². The van der Waals surface area contributed by atoms with Crippen molar-refractivity contribution in [1.82, 2.24) is 5.16 Å². The Labute approximate surface area is 114 Å². The van der Waals surface area contributed by atoms with Crippen LogP contribution in [-0.2, 0) is 6.42 Å². The predicted octanol–water partition coefficient (Wildman–Crippen LogP) is 3.86. The lowest BCUT2D eigenvalue weighted by Crippen LogP contribution is -2.18. The largest absolute Gasteiger partial charge is 0.384 e. The van der Waals surface area contributed by atoms with E-state index in [-0.39, 0.29) is 0 Å². The van der Waals surface area contributed by atoms with Crippen LogP contribution in [0, 0.1) is 6.92 Å². The first-order valence-corrected chi connectivity index (χ1v) is 6.92. The van der Waals surface area contributed by atoms with E-state index in [1.54, 1.807) is 6.26 Å². The standard InChI is InChI=1S/C16H20N2O/c1-10-4-5-12-6-7-13(11(2)14(12)8-10)16-15(17-3)9-19-18-16/h4-5,8-9,11,13,17H,6-7H2,1-3H3. The minimum absolute atomic E-state index is 0.440. The molecule has 19 heavy (non-hydrogen) atoms. The normalized spacial score (nSPS) is 22.1. The van der Waals surface area contributed by atoms with Crippen molar-refractivity contribution >= 4 is 5.69 Å². The molecule has 0 radical (unpaired) electrons. The second-order valence-electron chi connectivity index (χ2n) is 5.50. The van der Waals surface area contributed by atoms with Gasteiger partial charge in [0, 0.05) is 13.0 Å². The predicted molar refractivity (Wildman–Crippen MR) is 76.7 cm³/mol. The Morgan fingerprint density at radius 1 is 1.37 bits per heavy atom. The topological polar surface area (TPSA) is 38.1 Å². The minimum atomic E-state index is 0.440. The molecule has 1 N–H and O–H groups in total. The van der Waals surface area contributed by atoms with Gasteiger partial charge in [-0.25, -0.2) is 0 Å². The zero-order chi connectivity index (χ0) is 13.4. The summed E-state index contributed by atoms with van der Waals surface area (Å²) in [6.45, 7) is 4.46. The Morgan fingerprint density at radius 2 is 2.21 bits per heavy atom. The lowest BCUT2D eigenvalue weighted by molar-refractivity contribution is 0.389. The van der Waals surface area contributed by atoms with Gasteiger partial charge in [-0.2, -0.15) is 0 Å². The van der Waals surface area contributed by atoms with Crippen molar-refractivity contribution in [3.63, 3.8) is 0 Å². The summed E-state index contributed by atoms with van der Waals surface area (Å²) >= 11 is 0. The Balaban J connectivity index is 1.99. The van der Waals surface area contributed by atoms with Gasteiger partial charge in [-0.15, -0.1) is 0 Å². The van der Waals surface area contributed by atoms with Gasteiger partial charge in [0.05, 0.1) is 5.69 Å². The maximum Gasteiger partial charge on any atom is 0.147 e. The van der Waals surface area contributed by atoms with Crippen LogP contribution in [0.5, 0.6) is 0 Å². The van der Waals surface area contributed by atoms with E-state index in [0.29, 0.717) is 11.8 Å². The third kappa shape index (κ3) is 2.03. The minimum Gasteiger partial charge on any atom is -0.384 e. The molecule has 0 saturated carbocycles. The molecular formula is C16H20N2O.